The van der Waals surface area contributed by atoms with Crippen molar-refractivity contribution in [2.45, 2.75) is 68.2 Å². The summed E-state index contributed by atoms with van der Waals surface area (Å²) in [5.41, 5.74) is 8.89. The number of fused-ring (bicyclic) bond motifs is 6. The fourth-order valence-corrected chi connectivity index (χ4v) is 11.4. The molecular formula is C47H49N5O6. The third-order valence-electron chi connectivity index (χ3n) is 14.1. The smallest absolute Gasteiger partial charge is 0.255 e. The first-order valence-corrected chi connectivity index (χ1v) is 21.1. The molecule has 4 saturated heterocycles. The van der Waals surface area contributed by atoms with E-state index in [1.54, 1.807) is 4.90 Å². The fraction of sp³-hybridized carbons (Fsp3) is 0.426. The van der Waals surface area contributed by atoms with Crippen LogP contribution in [0.5, 0.6) is 11.5 Å². The number of hydrogen-bond donors (Lipinski definition) is 2. The van der Waals surface area contributed by atoms with Crippen LogP contribution in [0.1, 0.15) is 75.7 Å². The lowest BCUT2D eigenvalue weighted by Crippen LogP contribution is -2.62. The van der Waals surface area contributed by atoms with Gasteiger partial charge in [0.25, 0.3) is 5.91 Å². The maximum atomic E-state index is 13.4. The van der Waals surface area contributed by atoms with Crippen molar-refractivity contribution in [3.05, 3.63) is 118 Å². The van der Waals surface area contributed by atoms with Crippen LogP contribution >= 0.6 is 0 Å². The monoisotopic (exact) mass is 779 g/mol. The number of nitrogens with one attached hydrogen (secondary N) is 1. The quantitative estimate of drug-likeness (QED) is 0.255. The Hall–Kier alpha value is -5.39. The summed E-state index contributed by atoms with van der Waals surface area (Å²) in [5, 5.41) is 12.6. The average molecular weight is 780 g/mol. The number of rotatable bonds is 6. The molecule has 58 heavy (non-hydrogen) atoms. The van der Waals surface area contributed by atoms with E-state index in [2.05, 4.69) is 80.7 Å². The lowest BCUT2D eigenvalue weighted by atomic mass is 9.69. The Morgan fingerprint density at radius 3 is 2.52 bits per heavy atom. The molecule has 6 heterocycles. The van der Waals surface area contributed by atoms with E-state index < -0.39 is 11.9 Å². The number of benzene rings is 4. The van der Waals surface area contributed by atoms with Crippen LogP contribution in [0.25, 0.3) is 0 Å². The van der Waals surface area contributed by atoms with E-state index in [1.165, 1.54) is 27.9 Å². The van der Waals surface area contributed by atoms with E-state index >= 15 is 0 Å². The molecule has 0 unspecified atom stereocenters. The summed E-state index contributed by atoms with van der Waals surface area (Å²) in [6.45, 7) is 7.24. The molecule has 298 valence electrons. The van der Waals surface area contributed by atoms with Crippen LogP contribution < -0.4 is 19.9 Å². The number of nitrogens with zero attached hydrogens (tertiary/aromatic N) is 4. The van der Waals surface area contributed by atoms with Gasteiger partial charge in [-0.1, -0.05) is 48.5 Å². The molecule has 6 aliphatic heterocycles. The number of imide groups is 1. The highest BCUT2D eigenvalue weighted by Crippen LogP contribution is 2.48. The molecule has 1 spiro atoms. The largest absolute Gasteiger partial charge is 0.508 e. The van der Waals surface area contributed by atoms with Crippen molar-refractivity contribution in [2.24, 2.45) is 5.92 Å². The number of aryl methyl sites for hydroxylation is 1. The molecule has 2 N–H and O–H groups in total. The summed E-state index contributed by atoms with van der Waals surface area (Å²) >= 11 is 0. The fourth-order valence-electron chi connectivity index (χ4n) is 11.4. The first kappa shape index (κ1) is 35.7. The van der Waals surface area contributed by atoms with E-state index in [4.69, 9.17) is 9.47 Å². The molecule has 4 aromatic carbocycles. The minimum absolute atomic E-state index is 0.0830. The molecule has 11 nitrogen and oxygen atoms in total. The third kappa shape index (κ3) is 6.04. The normalized spacial score (nSPS) is 27.3. The molecule has 0 bridgehead atoms. The van der Waals surface area contributed by atoms with Crippen LogP contribution in [-0.4, -0.2) is 103 Å². The number of anilines is 2. The molecule has 11 heteroatoms. The van der Waals surface area contributed by atoms with E-state index in [1.807, 2.05) is 24.3 Å². The van der Waals surface area contributed by atoms with Crippen molar-refractivity contribution in [2.75, 3.05) is 62.3 Å². The predicted molar refractivity (Wildman–Crippen MR) is 218 cm³/mol. The van der Waals surface area contributed by atoms with Crippen LogP contribution in [0.4, 0.5) is 11.4 Å². The number of phenols is 1. The number of amides is 3. The molecule has 4 fully saturated rings. The molecule has 11 rings (SSSR count). The van der Waals surface area contributed by atoms with Crippen molar-refractivity contribution in [1.82, 2.24) is 15.1 Å². The van der Waals surface area contributed by atoms with E-state index in [9.17, 15) is 19.5 Å². The van der Waals surface area contributed by atoms with Crippen molar-refractivity contribution >= 4 is 29.1 Å². The first-order chi connectivity index (χ1) is 28.3. The SMILES string of the molecule is O=C1CC[C@H](N2Cc3c(ccc4c3OC[C@H]3CN(C[C@H]5COC6(C5)CN(c5ccc([C@@H]7c8ccc(O)cc8CC[C@@H]7c7ccccc7)cc5)C6)CCN43)C2=O)C(=O)N1. The van der Waals surface area contributed by atoms with Crippen molar-refractivity contribution in [3.8, 4) is 11.5 Å². The number of carbonyl (C=O) groups excluding carboxylic acids is 3. The van der Waals surface area contributed by atoms with Gasteiger partial charge in [-0.25, -0.2) is 0 Å². The summed E-state index contributed by atoms with van der Waals surface area (Å²) in [7, 11) is 0. The highest BCUT2D eigenvalue weighted by atomic mass is 16.5. The Morgan fingerprint density at radius 1 is 0.845 bits per heavy atom. The number of carbonyl (C=O) groups is 3. The van der Waals surface area contributed by atoms with Gasteiger partial charge in [-0.2, -0.15) is 0 Å². The van der Waals surface area contributed by atoms with Gasteiger partial charge >= 0.3 is 0 Å². The Labute approximate surface area is 338 Å². The molecular weight excluding hydrogens is 731 g/mol. The number of ether oxygens (including phenoxy) is 2. The van der Waals surface area contributed by atoms with Gasteiger partial charge in [0, 0.05) is 68.4 Å². The van der Waals surface area contributed by atoms with Crippen molar-refractivity contribution < 1.29 is 29.0 Å². The van der Waals surface area contributed by atoms with Crippen LogP contribution in [-0.2, 0) is 27.3 Å². The summed E-state index contributed by atoms with van der Waals surface area (Å²) < 4.78 is 13.0. The molecule has 3 amide bonds. The highest BCUT2D eigenvalue weighted by molar-refractivity contribution is 6.06. The second-order valence-electron chi connectivity index (χ2n) is 17.7. The van der Waals surface area contributed by atoms with Crippen LogP contribution in [0.2, 0.25) is 0 Å². The zero-order chi connectivity index (χ0) is 39.1. The van der Waals surface area contributed by atoms with Gasteiger partial charge in [0.05, 0.1) is 24.9 Å². The second kappa shape index (κ2) is 13.9. The predicted octanol–water partition coefficient (Wildman–Crippen LogP) is 5.19. The average Bonchev–Trinajstić information content (AvgIpc) is 3.81. The van der Waals surface area contributed by atoms with Gasteiger partial charge in [0.1, 0.15) is 29.7 Å². The van der Waals surface area contributed by atoms with Crippen molar-refractivity contribution in [3.63, 3.8) is 0 Å². The summed E-state index contributed by atoms with van der Waals surface area (Å²) in [5.74, 6) is 1.36. The zero-order valence-corrected chi connectivity index (χ0v) is 32.6. The van der Waals surface area contributed by atoms with Gasteiger partial charge in [-0.05, 0) is 96.2 Å². The Balaban J connectivity index is 0.708. The Morgan fingerprint density at radius 2 is 1.69 bits per heavy atom. The minimum Gasteiger partial charge on any atom is -0.508 e. The van der Waals surface area contributed by atoms with Gasteiger partial charge in [0.15, 0.2) is 0 Å². The standard InChI is InChI=1S/C47H49N5O6/c53-35-11-13-37-32(20-35)8-12-36(30-4-2-1-3-5-30)43(37)31-6-9-33(10-7-31)50-27-47(28-50)21-29(25-58-47)22-49-18-19-51-34(23-49)26-57-44-39-24-52(41-16-17-42(54)48-45(41)55)46(56)38(39)14-15-40(44)51/h1-7,9-11,13-15,20,29,34,36,41,43,53H,8,12,16-19,21-28H2,(H,48,54,55)/t29-,34+,36+,41-,43-/m0/s1. The number of hydrogen-bond acceptors (Lipinski definition) is 9. The van der Waals surface area contributed by atoms with Crippen LogP contribution in [0.15, 0.2) is 84.9 Å². The molecule has 0 radical (unpaired) electrons. The number of aromatic hydroxyl groups is 1. The zero-order valence-electron chi connectivity index (χ0n) is 32.6. The number of piperidine rings is 1. The maximum absolute atomic E-state index is 13.4. The highest BCUT2D eigenvalue weighted by Gasteiger charge is 2.50. The molecule has 0 saturated carbocycles. The summed E-state index contributed by atoms with van der Waals surface area (Å²) in [6, 6.07) is 29.5. The molecule has 4 aromatic rings. The maximum Gasteiger partial charge on any atom is 0.255 e. The molecule has 7 aliphatic rings. The number of phenolic OH excluding ortho intramolecular Hbond substituents is 1. The van der Waals surface area contributed by atoms with Crippen LogP contribution in [0.3, 0.4) is 0 Å². The topological polar surface area (TPSA) is 115 Å². The second-order valence-corrected chi connectivity index (χ2v) is 17.7. The first-order valence-electron chi connectivity index (χ1n) is 21.1. The van der Waals surface area contributed by atoms with Gasteiger partial charge in [-0.15, -0.1) is 0 Å². The summed E-state index contributed by atoms with van der Waals surface area (Å²) in [4.78, 5) is 46.8. The lowest BCUT2D eigenvalue weighted by Gasteiger charge is -2.49. The third-order valence-corrected chi connectivity index (χ3v) is 14.1. The van der Waals surface area contributed by atoms with E-state index in [0.29, 0.717) is 42.7 Å². The number of piperazine rings is 1. The van der Waals surface area contributed by atoms with Gasteiger partial charge < -0.3 is 29.3 Å². The Bertz CT molecular complexity index is 2290. The van der Waals surface area contributed by atoms with Gasteiger partial charge in [-0.3, -0.25) is 24.6 Å². The van der Waals surface area contributed by atoms with Crippen LogP contribution in [0, 0.1) is 5.92 Å². The molecule has 1 aliphatic carbocycles. The molecule has 0 aromatic heterocycles. The van der Waals surface area contributed by atoms with Gasteiger partial charge in [0.2, 0.25) is 11.8 Å². The van der Waals surface area contributed by atoms with E-state index in [0.717, 1.165) is 82.1 Å². The summed E-state index contributed by atoms with van der Waals surface area (Å²) in [6.07, 6.45) is 3.67. The van der Waals surface area contributed by atoms with E-state index in [-0.39, 0.29) is 35.8 Å². The lowest BCUT2D eigenvalue weighted by molar-refractivity contribution is -0.136. The minimum atomic E-state index is -0.640. The Kier molecular flexibility index (Phi) is 8.55. The van der Waals surface area contributed by atoms with Crippen molar-refractivity contribution in [1.29, 1.82) is 0 Å². The molecule has 5 atom stereocenters.